The minimum absolute atomic E-state index is 0.0953. The molecule has 1 saturated carbocycles. The predicted molar refractivity (Wildman–Crippen MR) is 128 cm³/mol. The summed E-state index contributed by atoms with van der Waals surface area (Å²) in [6.07, 6.45) is 5.94. The van der Waals surface area contributed by atoms with Gasteiger partial charge in [0, 0.05) is 38.2 Å². The topological polar surface area (TPSA) is 67.4 Å². The Morgan fingerprint density at radius 2 is 1.88 bits per heavy atom. The van der Waals surface area contributed by atoms with Crippen molar-refractivity contribution in [3.8, 4) is 5.75 Å². The molecular weight excluding hydrogens is 400 g/mol. The molecule has 1 aliphatic carbocycles. The molecule has 2 fully saturated rings. The van der Waals surface area contributed by atoms with E-state index in [-0.39, 0.29) is 11.8 Å². The molecule has 2 aromatic rings. The molecule has 1 N–H and O–H groups in total. The number of piperidine rings is 1. The second-order valence-electron chi connectivity index (χ2n) is 9.30. The molecule has 1 aliphatic heterocycles. The predicted octanol–water partition coefficient (Wildman–Crippen LogP) is 4.68. The molecule has 6 heteroatoms. The Bertz CT molecular complexity index is 949. The van der Waals surface area contributed by atoms with Crippen LogP contribution in [0.2, 0.25) is 0 Å². The fourth-order valence-corrected chi connectivity index (χ4v) is 5.02. The minimum atomic E-state index is 0.0953. The van der Waals surface area contributed by atoms with E-state index in [0.29, 0.717) is 18.3 Å². The molecule has 1 amide bonds. The van der Waals surface area contributed by atoms with E-state index in [9.17, 15) is 4.79 Å². The number of anilines is 1. The van der Waals surface area contributed by atoms with Gasteiger partial charge in [-0.2, -0.15) is 0 Å². The molecular formula is C26H36N4O2. The first kappa shape index (κ1) is 22.6. The number of aryl methyl sites for hydroxylation is 1. The third kappa shape index (κ3) is 4.89. The fourth-order valence-electron chi connectivity index (χ4n) is 5.02. The SMILES string of the molecule is CNC(=O)CCC(C)c1c(C)nc(N2CCC(c3ccccc3OC)CC2)nc1C1CC1. The van der Waals surface area contributed by atoms with E-state index in [4.69, 9.17) is 14.7 Å². The van der Waals surface area contributed by atoms with Crippen molar-refractivity contribution >= 4 is 11.9 Å². The number of methoxy groups -OCH3 is 1. The van der Waals surface area contributed by atoms with Crippen LogP contribution in [0.25, 0.3) is 0 Å². The lowest BCUT2D eigenvalue weighted by atomic mass is 9.89. The largest absolute Gasteiger partial charge is 0.496 e. The zero-order chi connectivity index (χ0) is 22.7. The summed E-state index contributed by atoms with van der Waals surface area (Å²) in [5, 5.41) is 2.73. The smallest absolute Gasteiger partial charge is 0.225 e. The Balaban J connectivity index is 1.49. The van der Waals surface area contributed by atoms with Gasteiger partial charge in [0.15, 0.2) is 0 Å². The monoisotopic (exact) mass is 436 g/mol. The van der Waals surface area contributed by atoms with Crippen molar-refractivity contribution in [3.05, 3.63) is 46.8 Å². The van der Waals surface area contributed by atoms with Crippen LogP contribution in [0.5, 0.6) is 5.75 Å². The molecule has 0 spiro atoms. The normalized spacial score (nSPS) is 17.8. The Labute approximate surface area is 191 Å². The number of aromatic nitrogens is 2. The van der Waals surface area contributed by atoms with Gasteiger partial charge >= 0.3 is 0 Å². The fraction of sp³-hybridized carbons (Fsp3) is 0.577. The number of hydrogen-bond donors (Lipinski definition) is 1. The first-order valence-corrected chi connectivity index (χ1v) is 12.0. The van der Waals surface area contributed by atoms with Crippen LogP contribution in [0.3, 0.4) is 0 Å². The van der Waals surface area contributed by atoms with Crippen LogP contribution < -0.4 is 15.0 Å². The Kier molecular flexibility index (Phi) is 6.97. The number of amides is 1. The molecule has 32 heavy (non-hydrogen) atoms. The molecule has 0 radical (unpaired) electrons. The number of carbonyl (C=O) groups excluding carboxylic acids is 1. The van der Waals surface area contributed by atoms with Crippen LogP contribution in [-0.2, 0) is 4.79 Å². The van der Waals surface area contributed by atoms with E-state index in [1.165, 1.54) is 29.7 Å². The Morgan fingerprint density at radius 1 is 1.16 bits per heavy atom. The van der Waals surface area contributed by atoms with Gasteiger partial charge in [0.2, 0.25) is 11.9 Å². The van der Waals surface area contributed by atoms with E-state index in [1.807, 2.05) is 6.07 Å². The van der Waals surface area contributed by atoms with Gasteiger partial charge in [0.05, 0.1) is 12.8 Å². The van der Waals surface area contributed by atoms with Crippen molar-refractivity contribution in [2.45, 2.75) is 70.1 Å². The van der Waals surface area contributed by atoms with E-state index in [0.717, 1.165) is 49.7 Å². The Hall–Kier alpha value is -2.63. The van der Waals surface area contributed by atoms with Gasteiger partial charge in [-0.05, 0) is 68.1 Å². The highest BCUT2D eigenvalue weighted by atomic mass is 16.5. The lowest BCUT2D eigenvalue weighted by Gasteiger charge is -2.33. The molecule has 1 saturated heterocycles. The van der Waals surface area contributed by atoms with Crippen LogP contribution >= 0.6 is 0 Å². The first-order chi connectivity index (χ1) is 15.5. The van der Waals surface area contributed by atoms with Crippen LogP contribution in [0.1, 0.15) is 85.7 Å². The van der Waals surface area contributed by atoms with Crippen LogP contribution in [0.4, 0.5) is 5.95 Å². The van der Waals surface area contributed by atoms with Gasteiger partial charge in [-0.25, -0.2) is 9.97 Å². The maximum atomic E-state index is 11.7. The number of carbonyl (C=O) groups is 1. The summed E-state index contributed by atoms with van der Waals surface area (Å²) in [5.41, 5.74) is 4.88. The van der Waals surface area contributed by atoms with E-state index in [1.54, 1.807) is 14.2 Å². The molecule has 6 nitrogen and oxygen atoms in total. The van der Waals surface area contributed by atoms with Crippen LogP contribution in [0.15, 0.2) is 24.3 Å². The third-order valence-corrected chi connectivity index (χ3v) is 7.05. The molecule has 1 atom stereocenters. The molecule has 2 heterocycles. The average Bonchev–Trinajstić information content (AvgIpc) is 3.67. The highest BCUT2D eigenvalue weighted by Crippen LogP contribution is 2.44. The van der Waals surface area contributed by atoms with E-state index >= 15 is 0 Å². The second-order valence-corrected chi connectivity index (χ2v) is 9.30. The van der Waals surface area contributed by atoms with E-state index < -0.39 is 0 Å². The van der Waals surface area contributed by atoms with Gasteiger partial charge in [-0.15, -0.1) is 0 Å². The van der Waals surface area contributed by atoms with Crippen LogP contribution in [-0.4, -0.2) is 43.1 Å². The maximum Gasteiger partial charge on any atom is 0.225 e. The van der Waals surface area contributed by atoms with Crippen molar-refractivity contribution in [2.24, 2.45) is 0 Å². The molecule has 1 aromatic heterocycles. The summed E-state index contributed by atoms with van der Waals surface area (Å²) < 4.78 is 5.59. The molecule has 0 bridgehead atoms. The zero-order valence-corrected chi connectivity index (χ0v) is 19.9. The summed E-state index contributed by atoms with van der Waals surface area (Å²) in [4.78, 5) is 24.2. The summed E-state index contributed by atoms with van der Waals surface area (Å²) in [5.74, 6) is 3.31. The maximum absolute atomic E-state index is 11.7. The number of ether oxygens (including phenoxy) is 1. The highest BCUT2D eigenvalue weighted by Gasteiger charge is 2.32. The third-order valence-electron chi connectivity index (χ3n) is 7.05. The summed E-state index contributed by atoms with van der Waals surface area (Å²) in [6, 6.07) is 8.38. The van der Waals surface area contributed by atoms with Gasteiger partial charge in [-0.1, -0.05) is 25.1 Å². The lowest BCUT2D eigenvalue weighted by molar-refractivity contribution is -0.120. The van der Waals surface area contributed by atoms with Gasteiger partial charge < -0.3 is 15.0 Å². The number of para-hydroxylation sites is 1. The first-order valence-electron chi connectivity index (χ1n) is 12.0. The molecule has 1 unspecified atom stereocenters. The lowest BCUT2D eigenvalue weighted by Crippen LogP contribution is -2.34. The van der Waals surface area contributed by atoms with Crippen molar-refractivity contribution in [2.75, 3.05) is 32.1 Å². The van der Waals surface area contributed by atoms with Crippen LogP contribution in [0, 0.1) is 6.92 Å². The van der Waals surface area contributed by atoms with Gasteiger partial charge in [0.25, 0.3) is 0 Å². The Morgan fingerprint density at radius 3 is 2.53 bits per heavy atom. The number of rotatable bonds is 8. The molecule has 172 valence electrons. The van der Waals surface area contributed by atoms with Gasteiger partial charge in [-0.3, -0.25) is 4.79 Å². The van der Waals surface area contributed by atoms with Crippen molar-refractivity contribution < 1.29 is 9.53 Å². The summed E-state index contributed by atoms with van der Waals surface area (Å²) in [7, 11) is 3.45. The number of benzene rings is 1. The molecule has 4 rings (SSSR count). The van der Waals surface area contributed by atoms with Crippen molar-refractivity contribution in [3.63, 3.8) is 0 Å². The number of nitrogens with one attached hydrogen (secondary N) is 1. The summed E-state index contributed by atoms with van der Waals surface area (Å²) in [6.45, 7) is 6.24. The van der Waals surface area contributed by atoms with Gasteiger partial charge in [0.1, 0.15) is 5.75 Å². The molecule has 2 aliphatic rings. The quantitative estimate of drug-likeness (QED) is 0.650. The minimum Gasteiger partial charge on any atom is -0.496 e. The average molecular weight is 437 g/mol. The zero-order valence-electron chi connectivity index (χ0n) is 19.9. The number of hydrogen-bond acceptors (Lipinski definition) is 5. The number of nitrogens with zero attached hydrogens (tertiary/aromatic N) is 3. The highest BCUT2D eigenvalue weighted by molar-refractivity contribution is 5.75. The second kappa shape index (κ2) is 9.88. The summed E-state index contributed by atoms with van der Waals surface area (Å²) >= 11 is 0. The van der Waals surface area contributed by atoms with E-state index in [2.05, 4.69) is 42.3 Å². The standard InChI is InChI=1S/C26H36N4O2/c1-17(9-12-23(31)27-3)24-18(2)28-26(29-25(24)20-10-11-20)30-15-13-19(14-16-30)21-7-5-6-8-22(21)32-4/h5-8,17,19-20H,9-16H2,1-4H3,(H,27,31). The molecule has 1 aromatic carbocycles. The van der Waals surface area contributed by atoms with Crippen molar-refractivity contribution in [1.29, 1.82) is 0 Å². The van der Waals surface area contributed by atoms with Crippen molar-refractivity contribution in [1.82, 2.24) is 15.3 Å².